The molecule has 0 aromatic carbocycles. The van der Waals surface area contributed by atoms with Crippen molar-refractivity contribution in [2.45, 2.75) is 57.7 Å². The van der Waals surface area contributed by atoms with Crippen molar-refractivity contribution in [3.63, 3.8) is 0 Å². The maximum atomic E-state index is 4.70. The molecule has 0 saturated carbocycles. The molecule has 2 atom stereocenters. The molecule has 0 radical (unpaired) electrons. The average Bonchev–Trinajstić information content (AvgIpc) is 2.83. The third-order valence-electron chi connectivity index (χ3n) is 4.46. The predicted molar refractivity (Wildman–Crippen MR) is 73.9 cm³/mol. The fourth-order valence-electron chi connectivity index (χ4n) is 3.71. The summed E-state index contributed by atoms with van der Waals surface area (Å²) in [5.74, 6) is 1.14. The van der Waals surface area contributed by atoms with Crippen LogP contribution in [0.1, 0.15) is 38.3 Å². The molecule has 2 bridgehead atoms. The fraction of sp³-hybridized carbons (Fsp3) is 0.786. The molecule has 4 nitrogen and oxygen atoms in total. The van der Waals surface area contributed by atoms with Gasteiger partial charge in [0.1, 0.15) is 0 Å². The Morgan fingerprint density at radius 2 is 2.06 bits per heavy atom. The second kappa shape index (κ2) is 4.57. The first-order valence-electron chi connectivity index (χ1n) is 7.20. The molecule has 2 fully saturated rings. The van der Waals surface area contributed by atoms with Crippen LogP contribution in [0, 0.1) is 6.92 Å². The predicted octanol–water partition coefficient (Wildman–Crippen LogP) is 1.84. The van der Waals surface area contributed by atoms with Crippen LogP contribution in [0.15, 0.2) is 6.20 Å². The maximum Gasteiger partial charge on any atom is 0.205 e. The number of hydrogen-bond acceptors (Lipinski definition) is 3. The Kier molecular flexibility index (Phi) is 3.06. The molecule has 18 heavy (non-hydrogen) atoms. The molecule has 1 aromatic rings. The quantitative estimate of drug-likeness (QED) is 0.886. The van der Waals surface area contributed by atoms with Crippen molar-refractivity contribution in [1.29, 1.82) is 0 Å². The Bertz CT molecular complexity index is 413. The lowest BCUT2D eigenvalue weighted by Crippen LogP contribution is -2.49. The Morgan fingerprint density at radius 3 is 2.56 bits per heavy atom. The van der Waals surface area contributed by atoms with E-state index in [9.17, 15) is 0 Å². The van der Waals surface area contributed by atoms with Gasteiger partial charge in [-0.1, -0.05) is 0 Å². The highest BCUT2D eigenvalue weighted by molar-refractivity contribution is 5.35. The van der Waals surface area contributed by atoms with Crippen molar-refractivity contribution in [2.75, 3.05) is 11.4 Å². The Labute approximate surface area is 109 Å². The summed E-state index contributed by atoms with van der Waals surface area (Å²) >= 11 is 0. The van der Waals surface area contributed by atoms with E-state index in [0.29, 0.717) is 6.04 Å². The zero-order chi connectivity index (χ0) is 12.7. The zero-order valence-electron chi connectivity index (χ0n) is 11.7. The third-order valence-corrected chi connectivity index (χ3v) is 4.46. The summed E-state index contributed by atoms with van der Waals surface area (Å²) in [6, 6.07) is 2.14. The molecule has 0 amide bonds. The van der Waals surface area contributed by atoms with Crippen molar-refractivity contribution < 1.29 is 0 Å². The van der Waals surface area contributed by atoms with Crippen molar-refractivity contribution in [1.82, 2.24) is 14.9 Å². The lowest BCUT2D eigenvalue weighted by molar-refractivity contribution is 0.345. The zero-order valence-corrected chi connectivity index (χ0v) is 11.7. The molecule has 2 aliphatic rings. The van der Waals surface area contributed by atoms with Crippen LogP contribution in [0.3, 0.4) is 0 Å². The van der Waals surface area contributed by atoms with E-state index < -0.39 is 0 Å². The molecule has 1 aromatic heterocycles. The second-order valence-corrected chi connectivity index (χ2v) is 5.84. The molecule has 2 saturated heterocycles. The summed E-state index contributed by atoms with van der Waals surface area (Å²) in [6.45, 7) is 5.37. The number of piperidine rings is 1. The van der Waals surface area contributed by atoms with Crippen LogP contribution in [0.4, 0.5) is 5.95 Å². The van der Waals surface area contributed by atoms with Crippen molar-refractivity contribution in [2.24, 2.45) is 7.05 Å². The monoisotopic (exact) mass is 248 g/mol. The van der Waals surface area contributed by atoms with E-state index in [1.165, 1.54) is 25.7 Å². The second-order valence-electron chi connectivity index (χ2n) is 5.84. The molecule has 3 rings (SSSR count). The molecule has 2 aliphatic heterocycles. The molecule has 3 heterocycles. The molecule has 4 heteroatoms. The van der Waals surface area contributed by atoms with Crippen LogP contribution < -0.4 is 10.2 Å². The number of imidazole rings is 1. The van der Waals surface area contributed by atoms with Gasteiger partial charge in [0.25, 0.3) is 0 Å². The largest absolute Gasteiger partial charge is 0.339 e. The number of fused-ring (bicyclic) bond motifs is 2. The molecular formula is C14H24N4. The summed E-state index contributed by atoms with van der Waals surface area (Å²) in [4.78, 5) is 7.19. The van der Waals surface area contributed by atoms with Crippen LogP contribution in [0.25, 0.3) is 0 Å². The van der Waals surface area contributed by atoms with Gasteiger partial charge >= 0.3 is 0 Å². The van der Waals surface area contributed by atoms with E-state index in [1.54, 1.807) is 0 Å². The number of nitrogens with zero attached hydrogens (tertiary/aromatic N) is 3. The summed E-state index contributed by atoms with van der Waals surface area (Å²) < 4.78 is 2.17. The van der Waals surface area contributed by atoms with E-state index in [4.69, 9.17) is 4.98 Å². The standard InChI is InChI=1S/C14H24N4/c1-4-18(14-15-10(2)9-17(14)3)13-7-11-5-6-12(8-13)16-11/h9,11-13,16H,4-8H2,1-3H3. The SMILES string of the molecule is CCN(c1nc(C)cn1C)C1CC2CCC(C1)N2. The van der Waals surface area contributed by atoms with Gasteiger partial charge in [0.05, 0.1) is 5.69 Å². The van der Waals surface area contributed by atoms with Gasteiger partial charge in [-0.2, -0.15) is 0 Å². The van der Waals surface area contributed by atoms with Crippen LogP contribution in [-0.2, 0) is 7.05 Å². The molecule has 100 valence electrons. The topological polar surface area (TPSA) is 33.1 Å². The number of rotatable bonds is 3. The first-order valence-corrected chi connectivity index (χ1v) is 7.20. The van der Waals surface area contributed by atoms with E-state index in [2.05, 4.69) is 41.9 Å². The van der Waals surface area contributed by atoms with Gasteiger partial charge in [-0.25, -0.2) is 4.98 Å². The lowest BCUT2D eigenvalue weighted by Gasteiger charge is -2.37. The van der Waals surface area contributed by atoms with E-state index in [-0.39, 0.29) is 0 Å². The Hall–Kier alpha value is -1.03. The first-order chi connectivity index (χ1) is 8.67. The smallest absolute Gasteiger partial charge is 0.205 e. The summed E-state index contributed by atoms with van der Waals surface area (Å²) in [6.07, 6.45) is 7.39. The summed E-state index contributed by atoms with van der Waals surface area (Å²) in [7, 11) is 2.10. The van der Waals surface area contributed by atoms with Gasteiger partial charge in [-0.3, -0.25) is 0 Å². The van der Waals surface area contributed by atoms with Crippen LogP contribution in [0.5, 0.6) is 0 Å². The normalized spacial score (nSPS) is 30.7. The number of hydrogen-bond donors (Lipinski definition) is 1. The van der Waals surface area contributed by atoms with Gasteiger partial charge in [-0.15, -0.1) is 0 Å². The van der Waals surface area contributed by atoms with Gasteiger partial charge < -0.3 is 14.8 Å². The molecule has 0 aliphatic carbocycles. The van der Waals surface area contributed by atoms with Gasteiger partial charge in [0, 0.05) is 37.9 Å². The molecule has 0 spiro atoms. The van der Waals surface area contributed by atoms with Crippen molar-refractivity contribution in [3.05, 3.63) is 11.9 Å². The summed E-state index contributed by atoms with van der Waals surface area (Å²) in [5.41, 5.74) is 1.11. The van der Waals surface area contributed by atoms with E-state index in [1.807, 2.05) is 0 Å². The molecule has 1 N–H and O–H groups in total. The average molecular weight is 248 g/mol. The summed E-state index contributed by atoms with van der Waals surface area (Å²) in [5, 5.41) is 3.72. The number of aryl methyl sites for hydroxylation is 2. The van der Waals surface area contributed by atoms with E-state index in [0.717, 1.165) is 30.3 Å². The van der Waals surface area contributed by atoms with Crippen molar-refractivity contribution in [3.8, 4) is 0 Å². The fourth-order valence-corrected chi connectivity index (χ4v) is 3.71. The first kappa shape index (κ1) is 12.0. The lowest BCUT2D eigenvalue weighted by atomic mass is 9.98. The van der Waals surface area contributed by atoms with Gasteiger partial charge in [0.2, 0.25) is 5.95 Å². The van der Waals surface area contributed by atoms with Crippen LogP contribution >= 0.6 is 0 Å². The number of aromatic nitrogens is 2. The highest BCUT2D eigenvalue weighted by Gasteiger charge is 2.36. The highest BCUT2D eigenvalue weighted by atomic mass is 15.3. The Morgan fingerprint density at radius 1 is 1.39 bits per heavy atom. The minimum absolute atomic E-state index is 0.661. The van der Waals surface area contributed by atoms with Gasteiger partial charge in [0.15, 0.2) is 0 Å². The Balaban J connectivity index is 1.82. The maximum absolute atomic E-state index is 4.70. The highest BCUT2D eigenvalue weighted by Crippen LogP contribution is 2.31. The molecule has 2 unspecified atom stereocenters. The van der Waals surface area contributed by atoms with Gasteiger partial charge in [-0.05, 0) is 39.5 Å². The van der Waals surface area contributed by atoms with Crippen LogP contribution in [0.2, 0.25) is 0 Å². The van der Waals surface area contributed by atoms with E-state index >= 15 is 0 Å². The number of nitrogens with one attached hydrogen (secondary N) is 1. The minimum atomic E-state index is 0.661. The van der Waals surface area contributed by atoms with Crippen molar-refractivity contribution >= 4 is 5.95 Å². The third kappa shape index (κ3) is 2.03. The molecular weight excluding hydrogens is 224 g/mol. The number of anilines is 1. The minimum Gasteiger partial charge on any atom is -0.339 e. The van der Waals surface area contributed by atoms with Crippen LogP contribution in [-0.4, -0.2) is 34.2 Å².